The molecule has 0 saturated heterocycles. The number of carbonyl (C=O) groups excluding carboxylic acids is 1. The highest BCUT2D eigenvalue weighted by Crippen LogP contribution is 2.34. The standard InChI is InChI=1S/C20H14N4O4S/c1-23-12-21-22-20(23)29-18-10-9-14(11-16(18)24(26)27)19(25)28-17-8-4-6-13-5-2-3-7-15(13)17/h2-12H,1H3. The number of esters is 1. The van der Waals surface area contributed by atoms with Crippen LogP contribution in [-0.4, -0.2) is 25.7 Å². The predicted molar refractivity (Wildman–Crippen MR) is 107 cm³/mol. The van der Waals surface area contributed by atoms with E-state index in [9.17, 15) is 14.9 Å². The van der Waals surface area contributed by atoms with E-state index in [1.165, 1.54) is 24.5 Å². The molecular formula is C20H14N4O4S. The van der Waals surface area contributed by atoms with Gasteiger partial charge in [-0.15, -0.1) is 10.2 Å². The van der Waals surface area contributed by atoms with E-state index in [0.717, 1.165) is 22.5 Å². The van der Waals surface area contributed by atoms with Crippen LogP contribution in [0, 0.1) is 10.1 Å². The van der Waals surface area contributed by atoms with Crippen molar-refractivity contribution in [2.24, 2.45) is 7.05 Å². The zero-order chi connectivity index (χ0) is 20.4. The molecule has 1 aromatic heterocycles. The summed E-state index contributed by atoms with van der Waals surface area (Å²) >= 11 is 1.10. The molecule has 0 amide bonds. The summed E-state index contributed by atoms with van der Waals surface area (Å²) in [5.74, 6) is -0.270. The summed E-state index contributed by atoms with van der Waals surface area (Å²) in [5.41, 5.74) is -0.114. The van der Waals surface area contributed by atoms with Crippen LogP contribution in [0.4, 0.5) is 5.69 Å². The van der Waals surface area contributed by atoms with Crippen LogP contribution >= 0.6 is 11.8 Å². The van der Waals surface area contributed by atoms with E-state index in [4.69, 9.17) is 4.74 Å². The van der Waals surface area contributed by atoms with E-state index in [0.29, 0.717) is 15.8 Å². The highest BCUT2D eigenvalue weighted by Gasteiger charge is 2.21. The maximum atomic E-state index is 12.6. The molecule has 0 aliphatic heterocycles. The Morgan fingerprint density at radius 1 is 1.14 bits per heavy atom. The average Bonchev–Trinajstić information content (AvgIpc) is 3.13. The number of aryl methyl sites for hydroxylation is 1. The fourth-order valence-corrected chi connectivity index (χ4v) is 3.63. The van der Waals surface area contributed by atoms with Crippen molar-refractivity contribution < 1.29 is 14.5 Å². The summed E-state index contributed by atoms with van der Waals surface area (Å²) in [7, 11) is 1.74. The summed E-state index contributed by atoms with van der Waals surface area (Å²) in [5, 5.41) is 21.4. The highest BCUT2D eigenvalue weighted by atomic mass is 32.2. The maximum Gasteiger partial charge on any atom is 0.343 e. The molecule has 0 aliphatic rings. The molecule has 3 aromatic carbocycles. The molecule has 144 valence electrons. The number of aromatic nitrogens is 3. The lowest BCUT2D eigenvalue weighted by atomic mass is 10.1. The van der Waals surface area contributed by atoms with Crippen molar-refractivity contribution in [3.63, 3.8) is 0 Å². The van der Waals surface area contributed by atoms with Gasteiger partial charge in [-0.3, -0.25) is 10.1 Å². The zero-order valence-electron chi connectivity index (χ0n) is 15.2. The summed E-state index contributed by atoms with van der Waals surface area (Å²) in [6.45, 7) is 0. The molecule has 4 aromatic rings. The Kier molecular flexibility index (Phi) is 4.96. The summed E-state index contributed by atoms with van der Waals surface area (Å²) < 4.78 is 7.17. The van der Waals surface area contributed by atoms with Crippen molar-refractivity contribution in [2.75, 3.05) is 0 Å². The van der Waals surface area contributed by atoms with Crippen molar-refractivity contribution in [3.8, 4) is 5.75 Å². The highest BCUT2D eigenvalue weighted by molar-refractivity contribution is 7.99. The molecular weight excluding hydrogens is 392 g/mol. The molecule has 29 heavy (non-hydrogen) atoms. The van der Waals surface area contributed by atoms with Crippen LogP contribution in [0.15, 0.2) is 77.0 Å². The van der Waals surface area contributed by atoms with Gasteiger partial charge in [-0.25, -0.2) is 4.79 Å². The second kappa shape index (κ2) is 7.72. The Hall–Kier alpha value is -3.72. The van der Waals surface area contributed by atoms with Crippen LogP contribution < -0.4 is 4.74 Å². The molecule has 0 unspecified atom stereocenters. The lowest BCUT2D eigenvalue weighted by molar-refractivity contribution is -0.387. The minimum atomic E-state index is -0.667. The predicted octanol–water partition coefficient (Wildman–Crippen LogP) is 4.25. The molecule has 0 saturated carbocycles. The monoisotopic (exact) mass is 406 g/mol. The molecule has 0 spiro atoms. The number of nitro benzene ring substituents is 1. The van der Waals surface area contributed by atoms with Gasteiger partial charge in [0.1, 0.15) is 12.1 Å². The maximum absolute atomic E-state index is 12.6. The Balaban J connectivity index is 1.64. The van der Waals surface area contributed by atoms with Gasteiger partial charge in [0.05, 0.1) is 15.4 Å². The van der Waals surface area contributed by atoms with E-state index < -0.39 is 10.9 Å². The van der Waals surface area contributed by atoms with E-state index in [-0.39, 0.29) is 11.3 Å². The van der Waals surface area contributed by atoms with Crippen molar-refractivity contribution >= 4 is 34.2 Å². The molecule has 0 radical (unpaired) electrons. The fraction of sp³-hybridized carbons (Fsp3) is 0.0500. The second-order valence-corrected chi connectivity index (χ2v) is 7.14. The number of hydrogen-bond acceptors (Lipinski definition) is 7. The van der Waals surface area contributed by atoms with Crippen molar-refractivity contribution in [3.05, 3.63) is 82.7 Å². The first-order valence-corrected chi connectivity index (χ1v) is 9.35. The van der Waals surface area contributed by atoms with Crippen molar-refractivity contribution in [2.45, 2.75) is 10.1 Å². The van der Waals surface area contributed by atoms with Crippen molar-refractivity contribution in [1.29, 1.82) is 0 Å². The van der Waals surface area contributed by atoms with Crippen LogP contribution in [0.2, 0.25) is 0 Å². The minimum absolute atomic E-state index is 0.0898. The molecule has 0 N–H and O–H groups in total. The minimum Gasteiger partial charge on any atom is -0.422 e. The van der Waals surface area contributed by atoms with Gasteiger partial charge in [0.25, 0.3) is 5.69 Å². The molecule has 0 aliphatic carbocycles. The Morgan fingerprint density at radius 3 is 2.69 bits per heavy atom. The van der Waals surface area contributed by atoms with Gasteiger partial charge in [-0.05, 0) is 35.3 Å². The fourth-order valence-electron chi connectivity index (χ4n) is 2.78. The number of benzene rings is 3. The first kappa shape index (κ1) is 18.6. The normalized spacial score (nSPS) is 10.8. The van der Waals surface area contributed by atoms with E-state index >= 15 is 0 Å². The Labute approximate surface area is 169 Å². The van der Waals surface area contributed by atoms with Crippen LogP contribution in [0.5, 0.6) is 5.75 Å². The Bertz CT molecular complexity index is 1230. The molecule has 0 bridgehead atoms. The number of rotatable bonds is 5. The summed E-state index contributed by atoms with van der Waals surface area (Å²) in [6, 6.07) is 17.1. The largest absolute Gasteiger partial charge is 0.422 e. The first-order chi connectivity index (χ1) is 14.0. The molecule has 8 nitrogen and oxygen atoms in total. The number of hydrogen-bond donors (Lipinski definition) is 0. The molecule has 9 heteroatoms. The van der Waals surface area contributed by atoms with Crippen LogP contribution in [0.3, 0.4) is 0 Å². The van der Waals surface area contributed by atoms with E-state index in [1.807, 2.05) is 30.3 Å². The van der Waals surface area contributed by atoms with Crippen LogP contribution in [0.25, 0.3) is 10.8 Å². The third-order valence-electron chi connectivity index (χ3n) is 4.21. The molecule has 0 fully saturated rings. The Morgan fingerprint density at radius 2 is 1.93 bits per heavy atom. The van der Waals surface area contributed by atoms with Gasteiger partial charge in [-0.2, -0.15) is 0 Å². The van der Waals surface area contributed by atoms with Crippen LogP contribution in [0.1, 0.15) is 10.4 Å². The molecule has 1 heterocycles. The van der Waals surface area contributed by atoms with Gasteiger partial charge in [-0.1, -0.05) is 36.4 Å². The lowest BCUT2D eigenvalue weighted by Crippen LogP contribution is -2.09. The van der Waals surface area contributed by atoms with Crippen molar-refractivity contribution in [1.82, 2.24) is 14.8 Å². The second-order valence-electron chi connectivity index (χ2n) is 6.13. The van der Waals surface area contributed by atoms with Gasteiger partial charge < -0.3 is 9.30 Å². The quantitative estimate of drug-likeness (QED) is 0.211. The van der Waals surface area contributed by atoms with Gasteiger partial charge in [0.15, 0.2) is 5.16 Å². The topological polar surface area (TPSA) is 100 Å². The number of carbonyl (C=O) groups is 1. The lowest BCUT2D eigenvalue weighted by Gasteiger charge is -2.08. The average molecular weight is 406 g/mol. The van der Waals surface area contributed by atoms with Gasteiger partial charge >= 0.3 is 5.97 Å². The van der Waals surface area contributed by atoms with Gasteiger partial charge in [0, 0.05) is 18.5 Å². The number of nitrogens with zero attached hydrogens (tertiary/aromatic N) is 4. The third kappa shape index (κ3) is 3.81. The summed E-state index contributed by atoms with van der Waals surface area (Å²) in [4.78, 5) is 24.0. The van der Waals surface area contributed by atoms with Gasteiger partial charge in [0.2, 0.25) is 0 Å². The SMILES string of the molecule is Cn1cnnc1Sc1ccc(C(=O)Oc2cccc3ccccc23)cc1[N+](=O)[O-]. The summed E-state index contributed by atoms with van der Waals surface area (Å²) in [6.07, 6.45) is 1.50. The number of ether oxygens (including phenoxy) is 1. The number of fused-ring (bicyclic) bond motifs is 1. The van der Waals surface area contributed by atoms with E-state index in [1.54, 1.807) is 23.7 Å². The smallest absolute Gasteiger partial charge is 0.343 e. The third-order valence-corrected chi connectivity index (χ3v) is 5.33. The zero-order valence-corrected chi connectivity index (χ0v) is 16.0. The first-order valence-electron chi connectivity index (χ1n) is 8.53. The van der Waals surface area contributed by atoms with Crippen LogP contribution in [-0.2, 0) is 7.05 Å². The van der Waals surface area contributed by atoms with E-state index in [2.05, 4.69) is 10.2 Å². The molecule has 4 rings (SSSR count). The number of nitro groups is 1. The molecule has 0 atom stereocenters.